The van der Waals surface area contributed by atoms with Gasteiger partial charge in [0.05, 0.1) is 7.11 Å². The molecule has 0 unspecified atom stereocenters. The largest absolute Gasteiger partial charge is 0.497 e. The molecule has 0 saturated heterocycles. The Morgan fingerprint density at radius 1 is 1.13 bits per heavy atom. The van der Waals surface area contributed by atoms with Crippen molar-refractivity contribution in [3.63, 3.8) is 0 Å². The van der Waals surface area contributed by atoms with Gasteiger partial charge >= 0.3 is 6.01 Å². The lowest BCUT2D eigenvalue weighted by Crippen LogP contribution is -1.93. The molecule has 1 heterocycles. The summed E-state index contributed by atoms with van der Waals surface area (Å²) in [6, 6.07) is 7.94. The van der Waals surface area contributed by atoms with Crippen molar-refractivity contribution in [1.82, 2.24) is 9.55 Å². The van der Waals surface area contributed by atoms with Crippen LogP contribution in [0, 0.1) is 0 Å². The van der Waals surface area contributed by atoms with Gasteiger partial charge in [0, 0.05) is 19.4 Å². The molecule has 1 aromatic heterocycles. The second-order valence-corrected chi connectivity index (χ2v) is 3.10. The number of aromatic nitrogens is 2. The standard InChI is InChI=1S/C11H12N2O2/c1-13-8-7-12-11(13)15-10-5-3-9(14-2)4-6-10/h3-8H,1-2H3. The summed E-state index contributed by atoms with van der Waals surface area (Å²) in [5.41, 5.74) is 0. The Morgan fingerprint density at radius 2 is 1.80 bits per heavy atom. The first kappa shape index (κ1) is 9.58. The van der Waals surface area contributed by atoms with Gasteiger partial charge in [0.15, 0.2) is 0 Å². The quantitative estimate of drug-likeness (QED) is 0.769. The van der Waals surface area contributed by atoms with Crippen molar-refractivity contribution in [3.8, 4) is 17.5 Å². The summed E-state index contributed by atoms with van der Waals surface area (Å²) in [7, 11) is 3.51. The Bertz CT molecular complexity index is 434. The van der Waals surface area contributed by atoms with Crippen LogP contribution in [-0.4, -0.2) is 16.7 Å². The van der Waals surface area contributed by atoms with Crippen LogP contribution in [0.25, 0.3) is 0 Å². The SMILES string of the molecule is COc1ccc(Oc2nccn2C)cc1. The number of hydrogen-bond acceptors (Lipinski definition) is 3. The van der Waals surface area contributed by atoms with E-state index in [2.05, 4.69) is 4.98 Å². The number of rotatable bonds is 3. The lowest BCUT2D eigenvalue weighted by atomic mass is 10.3. The van der Waals surface area contributed by atoms with Gasteiger partial charge in [-0.3, -0.25) is 0 Å². The molecule has 0 aliphatic rings. The van der Waals surface area contributed by atoms with Crippen LogP contribution in [0.1, 0.15) is 0 Å². The third-order valence-corrected chi connectivity index (χ3v) is 2.05. The molecule has 2 aromatic rings. The van der Waals surface area contributed by atoms with Crippen molar-refractivity contribution < 1.29 is 9.47 Å². The van der Waals surface area contributed by atoms with Crippen LogP contribution in [0.2, 0.25) is 0 Å². The van der Waals surface area contributed by atoms with Crippen molar-refractivity contribution in [2.24, 2.45) is 7.05 Å². The molecule has 0 N–H and O–H groups in total. The Kier molecular flexibility index (Phi) is 2.58. The van der Waals surface area contributed by atoms with Crippen LogP contribution < -0.4 is 9.47 Å². The molecule has 78 valence electrons. The molecular formula is C11H12N2O2. The molecular weight excluding hydrogens is 192 g/mol. The van der Waals surface area contributed by atoms with Gasteiger partial charge in [-0.25, -0.2) is 4.98 Å². The van der Waals surface area contributed by atoms with Crippen molar-refractivity contribution >= 4 is 0 Å². The number of imidazole rings is 1. The van der Waals surface area contributed by atoms with Gasteiger partial charge in [-0.05, 0) is 24.3 Å². The molecule has 0 fully saturated rings. The third-order valence-electron chi connectivity index (χ3n) is 2.05. The van der Waals surface area contributed by atoms with Crippen molar-refractivity contribution in [1.29, 1.82) is 0 Å². The van der Waals surface area contributed by atoms with Gasteiger partial charge in [0.1, 0.15) is 11.5 Å². The minimum absolute atomic E-state index is 0.570. The summed E-state index contributed by atoms with van der Waals surface area (Å²) in [5.74, 6) is 1.55. The third kappa shape index (κ3) is 2.10. The molecule has 0 spiro atoms. The Balaban J connectivity index is 2.14. The monoisotopic (exact) mass is 204 g/mol. The topological polar surface area (TPSA) is 36.3 Å². The summed E-state index contributed by atoms with van der Waals surface area (Å²) < 4.78 is 12.4. The smallest absolute Gasteiger partial charge is 0.301 e. The minimum Gasteiger partial charge on any atom is -0.497 e. The van der Waals surface area contributed by atoms with E-state index in [1.165, 1.54) is 0 Å². The number of ether oxygens (including phenoxy) is 2. The molecule has 2 rings (SSSR count). The Hall–Kier alpha value is -1.97. The van der Waals surface area contributed by atoms with E-state index < -0.39 is 0 Å². The van der Waals surface area contributed by atoms with Crippen LogP contribution in [0.4, 0.5) is 0 Å². The molecule has 4 heteroatoms. The summed E-state index contributed by atoms with van der Waals surface area (Å²) in [5, 5.41) is 0. The molecule has 0 atom stereocenters. The number of aryl methyl sites for hydroxylation is 1. The molecule has 0 saturated carbocycles. The zero-order valence-corrected chi connectivity index (χ0v) is 8.68. The van der Waals surface area contributed by atoms with Crippen LogP contribution >= 0.6 is 0 Å². The number of hydrogen-bond donors (Lipinski definition) is 0. The van der Waals surface area contributed by atoms with Gasteiger partial charge < -0.3 is 14.0 Å². The second-order valence-electron chi connectivity index (χ2n) is 3.10. The molecule has 0 radical (unpaired) electrons. The molecule has 4 nitrogen and oxygen atoms in total. The Labute approximate surface area is 88.1 Å². The normalized spacial score (nSPS) is 10.0. The lowest BCUT2D eigenvalue weighted by molar-refractivity contribution is 0.407. The van der Waals surface area contributed by atoms with E-state index in [1.807, 2.05) is 42.1 Å². The molecule has 0 bridgehead atoms. The summed E-state index contributed by atoms with van der Waals surface area (Å²) >= 11 is 0. The maximum absolute atomic E-state index is 5.54. The van der Waals surface area contributed by atoms with E-state index in [9.17, 15) is 0 Å². The number of nitrogens with zero attached hydrogens (tertiary/aromatic N) is 2. The summed E-state index contributed by atoms with van der Waals surface area (Å²) in [6.07, 6.45) is 3.53. The van der Waals surface area contributed by atoms with E-state index in [4.69, 9.17) is 9.47 Å². The van der Waals surface area contributed by atoms with Crippen LogP contribution in [-0.2, 0) is 7.05 Å². The van der Waals surface area contributed by atoms with Crippen molar-refractivity contribution in [2.75, 3.05) is 7.11 Å². The highest BCUT2D eigenvalue weighted by atomic mass is 16.5. The Morgan fingerprint density at radius 3 is 2.33 bits per heavy atom. The van der Waals surface area contributed by atoms with Crippen LogP contribution in [0.5, 0.6) is 17.5 Å². The minimum atomic E-state index is 0.570. The highest BCUT2D eigenvalue weighted by Gasteiger charge is 2.01. The molecule has 0 aliphatic heterocycles. The predicted octanol–water partition coefficient (Wildman–Crippen LogP) is 2.22. The fourth-order valence-corrected chi connectivity index (χ4v) is 1.20. The average molecular weight is 204 g/mol. The lowest BCUT2D eigenvalue weighted by Gasteiger charge is -2.05. The van der Waals surface area contributed by atoms with Gasteiger partial charge in [-0.2, -0.15) is 0 Å². The molecule has 0 amide bonds. The average Bonchev–Trinajstić information content (AvgIpc) is 2.66. The first-order chi connectivity index (χ1) is 7.29. The maximum atomic E-state index is 5.54. The van der Waals surface area contributed by atoms with Gasteiger partial charge in [0.25, 0.3) is 0 Å². The first-order valence-electron chi connectivity index (χ1n) is 4.59. The maximum Gasteiger partial charge on any atom is 0.301 e. The van der Waals surface area contributed by atoms with Crippen LogP contribution in [0.15, 0.2) is 36.7 Å². The van der Waals surface area contributed by atoms with Crippen molar-refractivity contribution in [2.45, 2.75) is 0 Å². The van der Waals surface area contributed by atoms with Gasteiger partial charge in [-0.1, -0.05) is 0 Å². The highest BCUT2D eigenvalue weighted by molar-refractivity contribution is 5.32. The van der Waals surface area contributed by atoms with E-state index in [0.717, 1.165) is 11.5 Å². The van der Waals surface area contributed by atoms with E-state index in [-0.39, 0.29) is 0 Å². The molecule has 15 heavy (non-hydrogen) atoms. The summed E-state index contributed by atoms with van der Waals surface area (Å²) in [4.78, 5) is 4.06. The molecule has 1 aromatic carbocycles. The van der Waals surface area contributed by atoms with Gasteiger partial charge in [-0.15, -0.1) is 0 Å². The van der Waals surface area contributed by atoms with E-state index >= 15 is 0 Å². The second kappa shape index (κ2) is 4.04. The predicted molar refractivity (Wildman–Crippen MR) is 56.3 cm³/mol. The zero-order valence-electron chi connectivity index (χ0n) is 8.68. The number of methoxy groups -OCH3 is 1. The van der Waals surface area contributed by atoms with Crippen molar-refractivity contribution in [3.05, 3.63) is 36.7 Å². The van der Waals surface area contributed by atoms with Crippen LogP contribution in [0.3, 0.4) is 0 Å². The zero-order chi connectivity index (χ0) is 10.7. The molecule has 0 aliphatic carbocycles. The first-order valence-corrected chi connectivity index (χ1v) is 4.59. The fourth-order valence-electron chi connectivity index (χ4n) is 1.20. The van der Waals surface area contributed by atoms with E-state index in [1.54, 1.807) is 13.3 Å². The highest BCUT2D eigenvalue weighted by Crippen LogP contribution is 2.21. The fraction of sp³-hybridized carbons (Fsp3) is 0.182. The number of benzene rings is 1. The summed E-state index contributed by atoms with van der Waals surface area (Å²) in [6.45, 7) is 0. The van der Waals surface area contributed by atoms with E-state index in [0.29, 0.717) is 6.01 Å². The van der Waals surface area contributed by atoms with Gasteiger partial charge in [0.2, 0.25) is 0 Å².